The van der Waals surface area contributed by atoms with Crippen molar-refractivity contribution >= 4 is 34.2 Å². The molecule has 152 valence electrons. The Bertz CT molecular complexity index is 790. The Labute approximate surface area is 175 Å². The van der Waals surface area contributed by atoms with Crippen molar-refractivity contribution in [3.63, 3.8) is 0 Å². The van der Waals surface area contributed by atoms with Crippen LogP contribution in [0.5, 0.6) is 0 Å². The highest BCUT2D eigenvalue weighted by atomic mass is 35.5. The number of aliphatic imine (C=N–C) groups is 1. The summed E-state index contributed by atoms with van der Waals surface area (Å²) in [6.45, 7) is 6.28. The molecule has 2 heterocycles. The summed E-state index contributed by atoms with van der Waals surface area (Å²) in [5, 5.41) is 5.16. The number of rotatable bonds is 6. The number of nitrogens with zero attached hydrogens (tertiary/aromatic N) is 5. The summed E-state index contributed by atoms with van der Waals surface area (Å²) in [5.74, 6) is 1.81. The number of methoxy groups -OCH3 is 1. The molecule has 1 saturated heterocycles. The Kier molecular flexibility index (Phi) is 7.47. The molecule has 28 heavy (non-hydrogen) atoms. The lowest BCUT2D eigenvalue weighted by molar-refractivity contribution is 0.105. The van der Waals surface area contributed by atoms with E-state index in [0.717, 1.165) is 55.1 Å². The summed E-state index contributed by atoms with van der Waals surface area (Å²) in [5.41, 5.74) is 1.05. The number of halogens is 1. The molecule has 1 aliphatic rings. The molecule has 0 aliphatic carbocycles. The average Bonchev–Trinajstić information content (AvgIpc) is 3.21. The van der Waals surface area contributed by atoms with Crippen LogP contribution in [0.1, 0.15) is 24.4 Å². The van der Waals surface area contributed by atoms with Gasteiger partial charge in [0.1, 0.15) is 5.82 Å². The number of anilines is 1. The van der Waals surface area contributed by atoms with E-state index in [4.69, 9.17) is 16.3 Å². The van der Waals surface area contributed by atoms with Gasteiger partial charge in [-0.1, -0.05) is 30.7 Å². The normalized spacial score (nSPS) is 16.4. The minimum absolute atomic E-state index is 0.0920. The number of hydrogen-bond donors (Lipinski definition) is 1. The van der Waals surface area contributed by atoms with Crippen LogP contribution < -0.4 is 10.2 Å². The molecule has 0 radical (unpaired) electrons. The Hall–Kier alpha value is -1.90. The van der Waals surface area contributed by atoms with Crippen molar-refractivity contribution in [3.8, 4) is 0 Å². The standard InChI is InChI=1S/C19H27ClN6OS/c1-4-17-23-19(28-24-17)26-10-8-25(9-11-26)18(21-2)22-13-16(27-3)14-6-5-7-15(20)12-14/h5-7,12,16H,4,8-11,13H2,1-3H3,(H,21,22). The first-order valence-electron chi connectivity index (χ1n) is 9.46. The van der Waals surface area contributed by atoms with Crippen molar-refractivity contribution in [2.75, 3.05) is 51.8 Å². The maximum Gasteiger partial charge on any atom is 0.205 e. The summed E-state index contributed by atoms with van der Waals surface area (Å²) in [7, 11) is 3.52. The Morgan fingerprint density at radius 3 is 2.75 bits per heavy atom. The van der Waals surface area contributed by atoms with Gasteiger partial charge in [-0.05, 0) is 17.7 Å². The maximum absolute atomic E-state index is 6.11. The first-order chi connectivity index (χ1) is 13.6. The molecule has 1 atom stereocenters. The van der Waals surface area contributed by atoms with E-state index >= 15 is 0 Å². The van der Waals surface area contributed by atoms with E-state index in [0.29, 0.717) is 11.6 Å². The molecule has 1 aromatic carbocycles. The second-order valence-electron chi connectivity index (χ2n) is 6.53. The molecule has 1 aliphatic heterocycles. The van der Waals surface area contributed by atoms with Gasteiger partial charge in [-0.3, -0.25) is 4.99 Å². The number of hydrogen-bond acceptors (Lipinski definition) is 6. The number of aryl methyl sites for hydroxylation is 1. The smallest absolute Gasteiger partial charge is 0.205 e. The number of piperazine rings is 1. The first-order valence-corrected chi connectivity index (χ1v) is 10.6. The lowest BCUT2D eigenvalue weighted by Gasteiger charge is -2.36. The average molecular weight is 423 g/mol. The van der Waals surface area contributed by atoms with Crippen LogP contribution >= 0.6 is 23.1 Å². The number of aromatic nitrogens is 2. The van der Waals surface area contributed by atoms with Gasteiger partial charge in [0.15, 0.2) is 5.96 Å². The third-order valence-corrected chi connectivity index (χ3v) is 5.84. The molecule has 1 N–H and O–H groups in total. The number of nitrogens with one attached hydrogen (secondary N) is 1. The molecule has 1 unspecified atom stereocenters. The van der Waals surface area contributed by atoms with Crippen molar-refractivity contribution in [3.05, 3.63) is 40.7 Å². The van der Waals surface area contributed by atoms with Crippen molar-refractivity contribution in [1.29, 1.82) is 0 Å². The van der Waals surface area contributed by atoms with Gasteiger partial charge >= 0.3 is 0 Å². The molecule has 0 spiro atoms. The molecule has 7 nitrogen and oxygen atoms in total. The highest BCUT2D eigenvalue weighted by molar-refractivity contribution is 7.09. The van der Waals surface area contributed by atoms with Gasteiger partial charge in [-0.25, -0.2) is 4.98 Å². The van der Waals surface area contributed by atoms with Crippen LogP contribution in [0.2, 0.25) is 5.02 Å². The highest BCUT2D eigenvalue weighted by Crippen LogP contribution is 2.21. The predicted molar refractivity (Wildman–Crippen MR) is 116 cm³/mol. The van der Waals surface area contributed by atoms with Crippen LogP contribution in [0.4, 0.5) is 5.13 Å². The molecule has 0 saturated carbocycles. The van der Waals surface area contributed by atoms with Crippen LogP contribution in [0, 0.1) is 0 Å². The van der Waals surface area contributed by atoms with Gasteiger partial charge in [0.2, 0.25) is 5.13 Å². The zero-order valence-electron chi connectivity index (χ0n) is 16.6. The van der Waals surface area contributed by atoms with Crippen molar-refractivity contribution in [2.45, 2.75) is 19.4 Å². The van der Waals surface area contributed by atoms with E-state index in [9.17, 15) is 0 Å². The molecule has 1 aromatic heterocycles. The van der Waals surface area contributed by atoms with Crippen molar-refractivity contribution in [1.82, 2.24) is 19.6 Å². The third-order valence-electron chi connectivity index (χ3n) is 4.79. The summed E-state index contributed by atoms with van der Waals surface area (Å²) in [6.07, 6.45) is 0.783. The minimum atomic E-state index is -0.0920. The van der Waals surface area contributed by atoms with Crippen LogP contribution in [-0.2, 0) is 11.2 Å². The fraction of sp³-hybridized carbons (Fsp3) is 0.526. The second-order valence-corrected chi connectivity index (χ2v) is 7.70. The summed E-state index contributed by atoms with van der Waals surface area (Å²) in [4.78, 5) is 13.6. The van der Waals surface area contributed by atoms with E-state index in [-0.39, 0.29) is 6.10 Å². The summed E-state index contributed by atoms with van der Waals surface area (Å²) in [6, 6.07) is 7.77. The van der Waals surface area contributed by atoms with E-state index in [1.165, 1.54) is 11.5 Å². The molecule has 3 rings (SSSR count). The molecule has 0 bridgehead atoms. The van der Waals surface area contributed by atoms with Crippen molar-refractivity contribution in [2.24, 2.45) is 4.99 Å². The quantitative estimate of drug-likeness (QED) is 0.570. The zero-order valence-corrected chi connectivity index (χ0v) is 18.1. The maximum atomic E-state index is 6.11. The Morgan fingerprint density at radius 1 is 1.36 bits per heavy atom. The Morgan fingerprint density at radius 2 is 2.14 bits per heavy atom. The van der Waals surface area contributed by atoms with Gasteiger partial charge < -0.3 is 19.9 Å². The summed E-state index contributed by atoms with van der Waals surface area (Å²) >= 11 is 7.60. The van der Waals surface area contributed by atoms with Crippen LogP contribution in [0.15, 0.2) is 29.3 Å². The fourth-order valence-electron chi connectivity index (χ4n) is 3.19. The molecule has 1 fully saturated rings. The van der Waals surface area contributed by atoms with Gasteiger partial charge in [-0.2, -0.15) is 4.37 Å². The zero-order chi connectivity index (χ0) is 19.9. The number of guanidine groups is 1. The molecule has 2 aromatic rings. The molecular weight excluding hydrogens is 396 g/mol. The predicted octanol–water partition coefficient (Wildman–Crippen LogP) is 2.84. The van der Waals surface area contributed by atoms with Gasteiger partial charge in [-0.15, -0.1) is 0 Å². The number of ether oxygens (including phenoxy) is 1. The highest BCUT2D eigenvalue weighted by Gasteiger charge is 2.22. The minimum Gasteiger partial charge on any atom is -0.375 e. The van der Waals surface area contributed by atoms with Gasteiger partial charge in [0.05, 0.1) is 6.10 Å². The lowest BCUT2D eigenvalue weighted by Crippen LogP contribution is -2.53. The van der Waals surface area contributed by atoms with Crippen LogP contribution in [0.3, 0.4) is 0 Å². The second kappa shape index (κ2) is 10.0. The first kappa shape index (κ1) is 20.8. The molecule has 9 heteroatoms. The summed E-state index contributed by atoms with van der Waals surface area (Å²) < 4.78 is 10.0. The van der Waals surface area contributed by atoms with Crippen molar-refractivity contribution < 1.29 is 4.74 Å². The molecule has 0 amide bonds. The SMILES string of the molecule is CCc1nsc(N2CCN(C(=NC)NCC(OC)c3cccc(Cl)c3)CC2)n1. The Balaban J connectivity index is 1.54. The van der Waals surface area contributed by atoms with E-state index in [1.54, 1.807) is 7.11 Å². The number of benzene rings is 1. The third kappa shape index (κ3) is 5.12. The molecular formula is C19H27ClN6OS. The fourth-order valence-corrected chi connectivity index (χ4v) is 4.19. The topological polar surface area (TPSA) is 65.9 Å². The van der Waals surface area contributed by atoms with E-state index in [1.807, 2.05) is 31.3 Å². The lowest BCUT2D eigenvalue weighted by atomic mass is 10.1. The van der Waals surface area contributed by atoms with E-state index in [2.05, 4.69) is 36.4 Å². The van der Waals surface area contributed by atoms with Crippen LogP contribution in [0.25, 0.3) is 0 Å². The monoisotopic (exact) mass is 422 g/mol. The van der Waals surface area contributed by atoms with Crippen LogP contribution in [-0.4, -0.2) is 67.1 Å². The van der Waals surface area contributed by atoms with Gasteiger partial charge in [0, 0.05) is 69.9 Å². The van der Waals surface area contributed by atoms with Gasteiger partial charge in [0.25, 0.3) is 0 Å². The van der Waals surface area contributed by atoms with E-state index < -0.39 is 0 Å². The largest absolute Gasteiger partial charge is 0.375 e.